The summed E-state index contributed by atoms with van der Waals surface area (Å²) >= 11 is 1.75. The Morgan fingerprint density at radius 2 is 2.10 bits per heavy atom. The topological polar surface area (TPSA) is 15.3 Å². The van der Waals surface area contributed by atoms with Crippen LogP contribution in [0.1, 0.15) is 24.6 Å². The van der Waals surface area contributed by atoms with Crippen molar-refractivity contribution in [3.8, 4) is 0 Å². The zero-order valence-corrected chi connectivity index (χ0v) is 12.7. The summed E-state index contributed by atoms with van der Waals surface area (Å²) in [4.78, 5) is 3.80. The zero-order valence-electron chi connectivity index (χ0n) is 11.9. The summed E-state index contributed by atoms with van der Waals surface area (Å²) in [5.41, 5.74) is 0. The summed E-state index contributed by atoms with van der Waals surface area (Å²) in [6.07, 6.45) is 2.68. The molecular formula is C16H21FN2S. The van der Waals surface area contributed by atoms with Crippen molar-refractivity contribution >= 4 is 21.4 Å². The molecule has 108 valence electrons. The predicted molar refractivity (Wildman–Crippen MR) is 83.8 cm³/mol. The Labute approximate surface area is 123 Å². The molecule has 1 aromatic carbocycles. The molecule has 1 fully saturated rings. The Morgan fingerprint density at radius 3 is 2.90 bits per heavy atom. The summed E-state index contributed by atoms with van der Waals surface area (Å²) in [6, 6.07) is 7.61. The van der Waals surface area contributed by atoms with Gasteiger partial charge in [0, 0.05) is 28.7 Å². The van der Waals surface area contributed by atoms with Crippen LogP contribution >= 0.6 is 11.3 Å². The lowest BCUT2D eigenvalue weighted by Crippen LogP contribution is -2.37. The summed E-state index contributed by atoms with van der Waals surface area (Å²) < 4.78 is 14.3. The van der Waals surface area contributed by atoms with Gasteiger partial charge in [-0.25, -0.2) is 4.39 Å². The van der Waals surface area contributed by atoms with E-state index < -0.39 is 0 Å². The van der Waals surface area contributed by atoms with Crippen LogP contribution in [-0.2, 0) is 6.54 Å². The third-order valence-corrected chi connectivity index (χ3v) is 5.00. The van der Waals surface area contributed by atoms with E-state index in [9.17, 15) is 4.39 Å². The maximum atomic E-state index is 13.2. The fraction of sp³-hybridized carbons (Fsp3) is 0.500. The highest BCUT2D eigenvalue weighted by molar-refractivity contribution is 7.19. The highest BCUT2D eigenvalue weighted by atomic mass is 32.1. The molecule has 4 heteroatoms. The Balaban J connectivity index is 1.56. The normalized spacial score (nSPS) is 17.9. The maximum absolute atomic E-state index is 13.2. The lowest BCUT2D eigenvalue weighted by molar-refractivity contribution is 0.298. The Hall–Kier alpha value is -0.970. The van der Waals surface area contributed by atoms with Crippen LogP contribution < -0.4 is 5.32 Å². The number of benzene rings is 1. The van der Waals surface area contributed by atoms with Gasteiger partial charge in [-0.2, -0.15) is 0 Å². The molecule has 2 heterocycles. The van der Waals surface area contributed by atoms with E-state index in [4.69, 9.17) is 0 Å². The third kappa shape index (κ3) is 3.37. The van der Waals surface area contributed by atoms with Crippen LogP contribution in [0.5, 0.6) is 0 Å². The SMILES string of the molecule is CC(CN1CCCC1)NCc1cc2cc(F)ccc2s1. The minimum Gasteiger partial charge on any atom is -0.308 e. The fourth-order valence-corrected chi connectivity index (χ4v) is 3.84. The van der Waals surface area contributed by atoms with Gasteiger partial charge in [0.15, 0.2) is 0 Å². The largest absolute Gasteiger partial charge is 0.308 e. The maximum Gasteiger partial charge on any atom is 0.123 e. The van der Waals surface area contributed by atoms with Gasteiger partial charge in [0.1, 0.15) is 5.82 Å². The Kier molecular flexibility index (Phi) is 4.34. The minimum atomic E-state index is -0.155. The van der Waals surface area contributed by atoms with Crippen LogP contribution in [0.4, 0.5) is 4.39 Å². The zero-order chi connectivity index (χ0) is 13.9. The van der Waals surface area contributed by atoms with Crippen LogP contribution in [0.25, 0.3) is 10.1 Å². The van der Waals surface area contributed by atoms with Crippen molar-refractivity contribution < 1.29 is 4.39 Å². The second-order valence-electron chi connectivity index (χ2n) is 5.68. The number of halogens is 1. The molecule has 0 spiro atoms. The summed E-state index contributed by atoms with van der Waals surface area (Å²) in [7, 11) is 0. The first-order chi connectivity index (χ1) is 9.70. The number of nitrogens with zero attached hydrogens (tertiary/aromatic N) is 1. The van der Waals surface area contributed by atoms with Crippen molar-refractivity contribution in [3.63, 3.8) is 0 Å². The van der Waals surface area contributed by atoms with Crippen molar-refractivity contribution in [3.05, 3.63) is 35.0 Å². The Morgan fingerprint density at radius 1 is 1.30 bits per heavy atom. The van der Waals surface area contributed by atoms with Gasteiger partial charge in [0.2, 0.25) is 0 Å². The molecule has 1 atom stereocenters. The third-order valence-electron chi connectivity index (χ3n) is 3.88. The van der Waals surface area contributed by atoms with Crippen molar-refractivity contribution in [2.45, 2.75) is 32.4 Å². The molecule has 0 radical (unpaired) electrons. The number of likely N-dealkylation sites (tertiary alicyclic amines) is 1. The molecule has 1 unspecified atom stereocenters. The monoisotopic (exact) mass is 292 g/mol. The van der Waals surface area contributed by atoms with Crippen LogP contribution in [0.2, 0.25) is 0 Å². The molecule has 1 aliphatic rings. The van der Waals surface area contributed by atoms with E-state index in [-0.39, 0.29) is 5.82 Å². The first kappa shape index (κ1) is 14.0. The molecule has 1 aliphatic heterocycles. The lowest BCUT2D eigenvalue weighted by Gasteiger charge is -2.20. The fourth-order valence-electron chi connectivity index (χ4n) is 2.85. The van der Waals surface area contributed by atoms with E-state index in [0.29, 0.717) is 6.04 Å². The predicted octanol–water partition coefficient (Wildman–Crippen LogP) is 3.61. The van der Waals surface area contributed by atoms with Crippen LogP contribution in [-0.4, -0.2) is 30.6 Å². The van der Waals surface area contributed by atoms with Gasteiger partial charge in [-0.3, -0.25) is 0 Å². The first-order valence-electron chi connectivity index (χ1n) is 7.34. The van der Waals surface area contributed by atoms with Crippen LogP contribution in [0.3, 0.4) is 0 Å². The van der Waals surface area contributed by atoms with Gasteiger partial charge in [0.25, 0.3) is 0 Å². The van der Waals surface area contributed by atoms with Crippen molar-refractivity contribution in [1.82, 2.24) is 10.2 Å². The Bertz CT molecular complexity index is 575. The molecule has 0 bridgehead atoms. The molecule has 1 saturated heterocycles. The standard InChI is InChI=1S/C16H21FN2S/c1-12(11-19-6-2-3-7-19)18-10-15-9-13-8-14(17)4-5-16(13)20-15/h4-5,8-9,12,18H,2-3,6-7,10-11H2,1H3. The molecule has 1 aromatic heterocycles. The molecule has 0 saturated carbocycles. The molecule has 0 amide bonds. The second kappa shape index (κ2) is 6.20. The molecule has 0 aliphatic carbocycles. The molecular weight excluding hydrogens is 271 g/mol. The smallest absolute Gasteiger partial charge is 0.123 e. The van der Waals surface area contributed by atoms with Crippen LogP contribution in [0.15, 0.2) is 24.3 Å². The van der Waals surface area contributed by atoms with E-state index in [1.54, 1.807) is 17.4 Å². The van der Waals surface area contributed by atoms with Crippen molar-refractivity contribution in [2.24, 2.45) is 0 Å². The van der Waals surface area contributed by atoms with E-state index >= 15 is 0 Å². The van der Waals surface area contributed by atoms with Crippen molar-refractivity contribution in [2.75, 3.05) is 19.6 Å². The highest BCUT2D eigenvalue weighted by Gasteiger charge is 2.14. The van der Waals surface area contributed by atoms with Crippen molar-refractivity contribution in [1.29, 1.82) is 0 Å². The number of fused-ring (bicyclic) bond motifs is 1. The number of rotatable bonds is 5. The summed E-state index contributed by atoms with van der Waals surface area (Å²) in [5.74, 6) is -0.155. The van der Waals surface area contributed by atoms with Gasteiger partial charge in [0.05, 0.1) is 0 Å². The highest BCUT2D eigenvalue weighted by Crippen LogP contribution is 2.26. The first-order valence-corrected chi connectivity index (χ1v) is 8.16. The van der Waals surface area contributed by atoms with E-state index in [1.807, 2.05) is 6.07 Å². The second-order valence-corrected chi connectivity index (χ2v) is 6.85. The minimum absolute atomic E-state index is 0.155. The van der Waals surface area contributed by atoms with Gasteiger partial charge >= 0.3 is 0 Å². The summed E-state index contributed by atoms with van der Waals surface area (Å²) in [5, 5.41) is 4.59. The number of hydrogen-bond donors (Lipinski definition) is 1. The van der Waals surface area contributed by atoms with E-state index in [0.717, 1.165) is 23.2 Å². The molecule has 3 rings (SSSR count). The average molecular weight is 292 g/mol. The van der Waals surface area contributed by atoms with E-state index in [2.05, 4.69) is 23.2 Å². The summed E-state index contributed by atoms with van der Waals surface area (Å²) in [6.45, 7) is 6.73. The number of thiophene rings is 1. The van der Waals surface area contributed by atoms with Gasteiger partial charge < -0.3 is 10.2 Å². The van der Waals surface area contributed by atoms with Gasteiger partial charge in [-0.05, 0) is 62.5 Å². The molecule has 1 N–H and O–H groups in total. The average Bonchev–Trinajstić information content (AvgIpc) is 3.04. The van der Waals surface area contributed by atoms with Crippen LogP contribution in [0, 0.1) is 5.82 Å². The number of hydrogen-bond acceptors (Lipinski definition) is 3. The quantitative estimate of drug-likeness (QED) is 0.905. The lowest BCUT2D eigenvalue weighted by atomic mass is 10.2. The molecule has 20 heavy (non-hydrogen) atoms. The van der Waals surface area contributed by atoms with Gasteiger partial charge in [-0.15, -0.1) is 11.3 Å². The molecule has 2 nitrogen and oxygen atoms in total. The van der Waals surface area contributed by atoms with Gasteiger partial charge in [-0.1, -0.05) is 0 Å². The molecule has 2 aromatic rings. The number of nitrogens with one attached hydrogen (secondary N) is 1. The van der Waals surface area contributed by atoms with E-state index in [1.165, 1.54) is 36.9 Å².